The van der Waals surface area contributed by atoms with E-state index in [9.17, 15) is 18.0 Å². The minimum absolute atomic E-state index is 0.141. The Labute approximate surface area is 151 Å². The average molecular weight is 373 g/mol. The number of likely N-dealkylation sites (tertiary alicyclic amines) is 1. The molecule has 0 unspecified atom stereocenters. The summed E-state index contributed by atoms with van der Waals surface area (Å²) in [7, 11) is 0. The van der Waals surface area contributed by atoms with Gasteiger partial charge in [-0.2, -0.15) is 13.2 Å². The second-order valence-corrected chi connectivity index (χ2v) is 7.78. The Kier molecular flexibility index (Phi) is 6.03. The highest BCUT2D eigenvalue weighted by Gasteiger charge is 2.33. The van der Waals surface area contributed by atoms with Crippen LogP contribution >= 0.6 is 0 Å². The van der Waals surface area contributed by atoms with Gasteiger partial charge in [0.05, 0.1) is 11.6 Å². The number of carbonyl (C=O) groups excluding carboxylic acids is 1. The minimum Gasteiger partial charge on any atom is -0.444 e. The fraction of sp³-hybridized carbons (Fsp3) is 0.667. The van der Waals surface area contributed by atoms with E-state index in [4.69, 9.17) is 4.74 Å². The summed E-state index contributed by atoms with van der Waals surface area (Å²) in [6, 6.07) is 1.75. The lowest BCUT2D eigenvalue weighted by Gasteiger charge is -2.39. The second-order valence-electron chi connectivity index (χ2n) is 7.78. The first-order chi connectivity index (χ1) is 12.0. The van der Waals surface area contributed by atoms with E-state index in [1.165, 1.54) is 0 Å². The highest BCUT2D eigenvalue weighted by molar-refractivity contribution is 5.68. The number of nitrogens with zero attached hydrogens (tertiary/aromatic N) is 2. The zero-order valence-electron chi connectivity index (χ0n) is 15.6. The molecule has 1 aliphatic rings. The Balaban J connectivity index is 2.05. The third kappa shape index (κ3) is 5.78. The number of hydrogen-bond donors (Lipinski definition) is 1. The number of pyridine rings is 1. The fourth-order valence-electron chi connectivity index (χ4n) is 2.89. The molecular formula is C18H26F3N3O2. The maximum absolute atomic E-state index is 12.8. The summed E-state index contributed by atoms with van der Waals surface area (Å²) in [4.78, 5) is 18.1. The molecule has 2 heterocycles. The molecule has 5 nitrogen and oxygen atoms in total. The van der Waals surface area contributed by atoms with E-state index < -0.39 is 23.4 Å². The van der Waals surface area contributed by atoms with Crippen LogP contribution in [-0.4, -0.2) is 40.7 Å². The van der Waals surface area contributed by atoms with Crippen molar-refractivity contribution in [1.29, 1.82) is 0 Å². The Morgan fingerprint density at radius 1 is 1.35 bits per heavy atom. The minimum atomic E-state index is -4.41. The van der Waals surface area contributed by atoms with Crippen LogP contribution in [0, 0.1) is 5.92 Å². The second kappa shape index (κ2) is 7.72. The molecule has 0 radical (unpaired) electrons. The van der Waals surface area contributed by atoms with Crippen LogP contribution in [0.2, 0.25) is 0 Å². The number of rotatable bonds is 3. The molecule has 2 rings (SSSR count). The number of amides is 1. The van der Waals surface area contributed by atoms with Crippen molar-refractivity contribution in [3.8, 4) is 0 Å². The molecule has 1 aliphatic heterocycles. The smallest absolute Gasteiger partial charge is 0.416 e. The molecule has 0 aromatic carbocycles. The van der Waals surface area contributed by atoms with Gasteiger partial charge in [0.15, 0.2) is 0 Å². The summed E-state index contributed by atoms with van der Waals surface area (Å²) in [6.45, 7) is 8.36. The van der Waals surface area contributed by atoms with Crippen molar-refractivity contribution in [3.63, 3.8) is 0 Å². The van der Waals surface area contributed by atoms with E-state index in [1.54, 1.807) is 25.7 Å². The molecule has 8 heteroatoms. The molecule has 1 N–H and O–H groups in total. The Hall–Kier alpha value is -1.99. The quantitative estimate of drug-likeness (QED) is 0.845. The number of hydrogen-bond acceptors (Lipinski definition) is 4. The van der Waals surface area contributed by atoms with Crippen LogP contribution in [0.4, 0.5) is 23.8 Å². The third-order valence-corrected chi connectivity index (χ3v) is 4.18. The molecule has 1 fully saturated rings. The van der Waals surface area contributed by atoms with Crippen molar-refractivity contribution in [2.45, 2.75) is 58.4 Å². The van der Waals surface area contributed by atoms with Gasteiger partial charge in [0.1, 0.15) is 11.4 Å². The SMILES string of the molecule is C[C@H]1CC[C@@H](CNc2cc(C(F)(F)F)ccn2)N(C(=O)OC(C)(C)C)C1. The van der Waals surface area contributed by atoms with E-state index in [-0.39, 0.29) is 11.9 Å². The summed E-state index contributed by atoms with van der Waals surface area (Å²) >= 11 is 0. The summed E-state index contributed by atoms with van der Waals surface area (Å²) in [6.07, 6.45) is -1.98. The molecule has 0 bridgehead atoms. The molecule has 26 heavy (non-hydrogen) atoms. The first kappa shape index (κ1) is 20.3. The predicted octanol–water partition coefficient (Wildman–Crippen LogP) is 4.55. The van der Waals surface area contributed by atoms with Gasteiger partial charge < -0.3 is 15.0 Å². The molecule has 1 aromatic rings. The van der Waals surface area contributed by atoms with Gasteiger partial charge in [-0.1, -0.05) is 6.92 Å². The van der Waals surface area contributed by atoms with Crippen molar-refractivity contribution in [2.24, 2.45) is 5.92 Å². The standard InChI is InChI=1S/C18H26F3N3O2/c1-12-5-6-14(24(11-12)16(25)26-17(2,3)4)10-23-15-9-13(7-8-22-15)18(19,20)21/h7-9,12,14H,5-6,10-11H2,1-4H3,(H,22,23)/t12-,14-/m0/s1. The van der Waals surface area contributed by atoms with Crippen LogP contribution in [0.1, 0.15) is 46.1 Å². The van der Waals surface area contributed by atoms with E-state index >= 15 is 0 Å². The number of carbonyl (C=O) groups is 1. The van der Waals surface area contributed by atoms with Crippen molar-refractivity contribution < 1.29 is 22.7 Å². The van der Waals surface area contributed by atoms with E-state index in [2.05, 4.69) is 17.2 Å². The van der Waals surface area contributed by atoms with Gasteiger partial charge in [0, 0.05) is 19.3 Å². The molecule has 0 saturated carbocycles. The number of alkyl halides is 3. The van der Waals surface area contributed by atoms with Gasteiger partial charge in [-0.3, -0.25) is 0 Å². The monoisotopic (exact) mass is 373 g/mol. The maximum Gasteiger partial charge on any atom is 0.416 e. The number of anilines is 1. The van der Waals surface area contributed by atoms with Crippen LogP contribution in [0.3, 0.4) is 0 Å². The lowest BCUT2D eigenvalue weighted by molar-refractivity contribution is -0.137. The van der Waals surface area contributed by atoms with Gasteiger partial charge in [0.25, 0.3) is 0 Å². The molecule has 1 aromatic heterocycles. The van der Waals surface area contributed by atoms with Gasteiger partial charge in [-0.15, -0.1) is 0 Å². The zero-order chi connectivity index (χ0) is 19.5. The van der Waals surface area contributed by atoms with Gasteiger partial charge >= 0.3 is 12.3 Å². The number of halogens is 3. The summed E-state index contributed by atoms with van der Waals surface area (Å²) in [5.74, 6) is 0.494. The number of nitrogens with one attached hydrogen (secondary N) is 1. The zero-order valence-corrected chi connectivity index (χ0v) is 15.6. The van der Waals surface area contributed by atoms with E-state index in [0.717, 1.165) is 31.2 Å². The third-order valence-electron chi connectivity index (χ3n) is 4.18. The summed E-state index contributed by atoms with van der Waals surface area (Å²) in [5.41, 5.74) is -1.35. The molecular weight excluding hydrogens is 347 g/mol. The normalized spacial score (nSPS) is 21.4. The molecule has 1 amide bonds. The lowest BCUT2D eigenvalue weighted by atomic mass is 9.94. The summed E-state index contributed by atoms with van der Waals surface area (Å²) in [5, 5.41) is 2.93. The fourth-order valence-corrected chi connectivity index (χ4v) is 2.89. The molecule has 0 spiro atoms. The van der Waals surface area contributed by atoms with Crippen LogP contribution < -0.4 is 5.32 Å². The Morgan fingerprint density at radius 2 is 2.04 bits per heavy atom. The highest BCUT2D eigenvalue weighted by atomic mass is 19.4. The molecule has 0 aliphatic carbocycles. The number of piperidine rings is 1. The molecule has 2 atom stereocenters. The Morgan fingerprint density at radius 3 is 2.65 bits per heavy atom. The van der Waals surface area contributed by atoms with Crippen molar-refractivity contribution in [3.05, 3.63) is 23.9 Å². The first-order valence-electron chi connectivity index (χ1n) is 8.72. The van der Waals surface area contributed by atoms with Crippen molar-refractivity contribution in [2.75, 3.05) is 18.4 Å². The Bertz CT molecular complexity index is 629. The molecule has 1 saturated heterocycles. The molecule has 146 valence electrons. The van der Waals surface area contributed by atoms with E-state index in [1.807, 2.05) is 0 Å². The van der Waals surface area contributed by atoms with Crippen LogP contribution in [0.25, 0.3) is 0 Å². The number of ether oxygens (including phenoxy) is 1. The van der Waals surface area contributed by atoms with Crippen molar-refractivity contribution in [1.82, 2.24) is 9.88 Å². The lowest BCUT2D eigenvalue weighted by Crippen LogP contribution is -2.51. The van der Waals surface area contributed by atoms with Gasteiger partial charge in [-0.25, -0.2) is 9.78 Å². The van der Waals surface area contributed by atoms with Crippen LogP contribution in [0.5, 0.6) is 0 Å². The van der Waals surface area contributed by atoms with E-state index in [0.29, 0.717) is 19.0 Å². The maximum atomic E-state index is 12.8. The van der Waals surface area contributed by atoms with Gasteiger partial charge in [0.2, 0.25) is 0 Å². The highest BCUT2D eigenvalue weighted by Crippen LogP contribution is 2.30. The van der Waals surface area contributed by atoms with Crippen LogP contribution in [0.15, 0.2) is 18.3 Å². The summed E-state index contributed by atoms with van der Waals surface area (Å²) < 4.78 is 43.9. The van der Waals surface area contributed by atoms with Crippen LogP contribution in [-0.2, 0) is 10.9 Å². The first-order valence-corrected chi connectivity index (χ1v) is 8.72. The van der Waals surface area contributed by atoms with Gasteiger partial charge in [-0.05, 0) is 51.7 Å². The van der Waals surface area contributed by atoms with Crippen molar-refractivity contribution >= 4 is 11.9 Å². The average Bonchev–Trinajstić information content (AvgIpc) is 2.51. The topological polar surface area (TPSA) is 54.5 Å². The predicted molar refractivity (Wildman–Crippen MR) is 92.9 cm³/mol. The number of aromatic nitrogens is 1. The largest absolute Gasteiger partial charge is 0.444 e.